The minimum absolute atomic E-state index is 0.722. The molecule has 0 heterocycles. The van der Waals surface area contributed by atoms with Gasteiger partial charge in [0.2, 0.25) is 0 Å². The Hall–Kier alpha value is -2.08. The minimum Gasteiger partial charge on any atom is -0.0909 e. The highest BCUT2D eigenvalue weighted by Gasteiger charge is 2.02. The summed E-state index contributed by atoms with van der Waals surface area (Å²) in [5, 5.41) is 0. The van der Waals surface area contributed by atoms with E-state index in [0.717, 1.165) is 24.3 Å². The van der Waals surface area contributed by atoms with Crippen molar-refractivity contribution in [3.63, 3.8) is 0 Å². The van der Waals surface area contributed by atoms with Crippen LogP contribution in [0.5, 0.6) is 0 Å². The highest BCUT2D eigenvalue weighted by atomic mass is 14.1. The van der Waals surface area contributed by atoms with Gasteiger partial charge in [-0.1, -0.05) is 99.7 Å². The lowest BCUT2D eigenvalue weighted by atomic mass is 9.97. The molecule has 0 heteroatoms. The number of benzene rings is 1. The molecule has 0 aromatic heterocycles. The van der Waals surface area contributed by atoms with Crippen molar-refractivity contribution < 1.29 is 0 Å². The van der Waals surface area contributed by atoms with Gasteiger partial charge in [0.15, 0.2) is 0 Å². The second kappa shape index (κ2) is 12.3. The van der Waals surface area contributed by atoms with Crippen molar-refractivity contribution in [2.24, 2.45) is 5.92 Å². The number of allylic oxidation sites excluding steroid dienone is 9. The van der Waals surface area contributed by atoms with Crippen LogP contribution in [-0.4, -0.2) is 0 Å². The van der Waals surface area contributed by atoms with Gasteiger partial charge in [-0.15, -0.1) is 0 Å². The summed E-state index contributed by atoms with van der Waals surface area (Å²) < 4.78 is 0. The smallest absolute Gasteiger partial charge is 0.0130 e. The molecule has 1 aliphatic rings. The van der Waals surface area contributed by atoms with Crippen LogP contribution in [0, 0.1) is 5.92 Å². The van der Waals surface area contributed by atoms with Gasteiger partial charge in [0.1, 0.15) is 0 Å². The fraction of sp³-hybridized carbons (Fsp3) is 0.360. The van der Waals surface area contributed by atoms with Gasteiger partial charge in [-0.2, -0.15) is 0 Å². The first-order valence-electron chi connectivity index (χ1n) is 9.47. The Balaban J connectivity index is 0.000000381. The molecule has 1 aromatic carbocycles. The molecule has 1 aromatic rings. The third kappa shape index (κ3) is 9.10. The van der Waals surface area contributed by atoms with Crippen molar-refractivity contribution in [2.75, 3.05) is 0 Å². The molecule has 0 atom stereocenters. The highest BCUT2D eigenvalue weighted by Crippen LogP contribution is 2.23. The summed E-state index contributed by atoms with van der Waals surface area (Å²) in [5.74, 6) is 0.722. The van der Waals surface area contributed by atoms with E-state index in [1.54, 1.807) is 0 Å². The largest absolute Gasteiger partial charge is 0.0909 e. The summed E-state index contributed by atoms with van der Waals surface area (Å²) in [4.78, 5) is 0. The van der Waals surface area contributed by atoms with Crippen LogP contribution in [0.1, 0.15) is 58.9 Å². The Kier molecular flexibility index (Phi) is 10.3. The zero-order valence-corrected chi connectivity index (χ0v) is 16.5. The quantitative estimate of drug-likeness (QED) is 0.366. The molecule has 2 rings (SSSR count). The maximum atomic E-state index is 4.19. The Labute approximate surface area is 155 Å². The molecule has 0 saturated carbocycles. The van der Waals surface area contributed by atoms with E-state index in [9.17, 15) is 0 Å². The highest BCUT2D eigenvalue weighted by molar-refractivity contribution is 5.76. The Morgan fingerprint density at radius 2 is 1.92 bits per heavy atom. The third-order valence-corrected chi connectivity index (χ3v) is 4.13. The zero-order chi connectivity index (χ0) is 18.5. The number of hydrogen-bond donors (Lipinski definition) is 0. The third-order valence-electron chi connectivity index (χ3n) is 4.13. The summed E-state index contributed by atoms with van der Waals surface area (Å²) in [6.07, 6.45) is 17.9. The second-order valence-electron chi connectivity index (χ2n) is 6.81. The maximum Gasteiger partial charge on any atom is -0.0130 e. The van der Waals surface area contributed by atoms with Crippen LogP contribution in [0.15, 0.2) is 84.5 Å². The van der Waals surface area contributed by atoms with Gasteiger partial charge in [-0.3, -0.25) is 0 Å². The van der Waals surface area contributed by atoms with Crippen molar-refractivity contribution in [2.45, 2.75) is 53.4 Å². The molecule has 25 heavy (non-hydrogen) atoms. The topological polar surface area (TPSA) is 0 Å². The van der Waals surface area contributed by atoms with E-state index in [0.29, 0.717) is 0 Å². The number of hydrogen-bond acceptors (Lipinski definition) is 0. The van der Waals surface area contributed by atoms with Crippen molar-refractivity contribution in [3.05, 3.63) is 90.1 Å². The average Bonchev–Trinajstić information content (AvgIpc) is 2.66. The van der Waals surface area contributed by atoms with Crippen LogP contribution in [-0.2, 0) is 0 Å². The van der Waals surface area contributed by atoms with Crippen molar-refractivity contribution >= 4 is 5.57 Å². The second-order valence-corrected chi connectivity index (χ2v) is 6.81. The fourth-order valence-electron chi connectivity index (χ4n) is 2.51. The molecule has 0 N–H and O–H groups in total. The van der Waals surface area contributed by atoms with Crippen LogP contribution in [0.2, 0.25) is 0 Å². The summed E-state index contributed by atoms with van der Waals surface area (Å²) in [7, 11) is 0. The van der Waals surface area contributed by atoms with Gasteiger partial charge in [0.05, 0.1) is 0 Å². The number of rotatable bonds is 6. The molecule has 0 amide bonds. The van der Waals surface area contributed by atoms with E-state index >= 15 is 0 Å². The van der Waals surface area contributed by atoms with Gasteiger partial charge in [-0.05, 0) is 55.2 Å². The van der Waals surface area contributed by atoms with Crippen molar-refractivity contribution in [3.8, 4) is 0 Å². The normalized spacial score (nSPS) is 14.3. The first kappa shape index (κ1) is 21.0. The molecular formula is C25H34. The Morgan fingerprint density at radius 3 is 2.44 bits per heavy atom. The monoisotopic (exact) mass is 334 g/mol. The molecule has 1 aliphatic carbocycles. The summed E-state index contributed by atoms with van der Waals surface area (Å²) >= 11 is 0. The molecule has 0 saturated heterocycles. The van der Waals surface area contributed by atoms with Gasteiger partial charge in [-0.25, -0.2) is 0 Å². The van der Waals surface area contributed by atoms with Gasteiger partial charge in [0.25, 0.3) is 0 Å². The van der Waals surface area contributed by atoms with Gasteiger partial charge < -0.3 is 0 Å². The average molecular weight is 335 g/mol. The van der Waals surface area contributed by atoms with Crippen LogP contribution in [0.25, 0.3) is 5.57 Å². The van der Waals surface area contributed by atoms with E-state index < -0.39 is 0 Å². The predicted molar refractivity (Wildman–Crippen MR) is 115 cm³/mol. The summed E-state index contributed by atoms with van der Waals surface area (Å²) in [6.45, 7) is 12.9. The Bertz CT molecular complexity index is 621. The SMILES string of the molecule is C=C(/C(C)=C\CC1=CC=CCC1)c1ccccc1.CCC=CC(C)C. The van der Waals surface area contributed by atoms with E-state index in [1.165, 1.54) is 29.6 Å². The van der Waals surface area contributed by atoms with Crippen molar-refractivity contribution in [1.82, 2.24) is 0 Å². The lowest BCUT2D eigenvalue weighted by Crippen LogP contribution is -1.88. The molecule has 0 fully saturated rings. The molecule has 0 bridgehead atoms. The first-order valence-corrected chi connectivity index (χ1v) is 9.47. The van der Waals surface area contributed by atoms with Crippen molar-refractivity contribution in [1.29, 1.82) is 0 Å². The van der Waals surface area contributed by atoms with Crippen LogP contribution < -0.4 is 0 Å². The van der Waals surface area contributed by atoms with E-state index in [2.05, 4.69) is 95.0 Å². The van der Waals surface area contributed by atoms with Crippen LogP contribution in [0.4, 0.5) is 0 Å². The molecule has 134 valence electrons. The summed E-state index contributed by atoms with van der Waals surface area (Å²) in [6, 6.07) is 10.4. The zero-order valence-electron chi connectivity index (χ0n) is 16.5. The maximum absolute atomic E-state index is 4.19. The lowest BCUT2D eigenvalue weighted by molar-refractivity contribution is 0.826. The van der Waals surface area contributed by atoms with E-state index in [4.69, 9.17) is 0 Å². The molecule has 0 nitrogen and oxygen atoms in total. The van der Waals surface area contributed by atoms with Gasteiger partial charge in [0, 0.05) is 0 Å². The molecular weight excluding hydrogens is 300 g/mol. The predicted octanol–water partition coefficient (Wildman–Crippen LogP) is 7.92. The first-order chi connectivity index (χ1) is 12.0. The van der Waals surface area contributed by atoms with E-state index in [-0.39, 0.29) is 0 Å². The Morgan fingerprint density at radius 1 is 1.20 bits per heavy atom. The molecule has 0 spiro atoms. The fourth-order valence-corrected chi connectivity index (χ4v) is 2.51. The lowest BCUT2D eigenvalue weighted by Gasteiger charge is -2.09. The van der Waals surface area contributed by atoms with Gasteiger partial charge >= 0.3 is 0 Å². The minimum atomic E-state index is 0.722. The molecule has 0 aliphatic heterocycles. The summed E-state index contributed by atoms with van der Waals surface area (Å²) in [5.41, 5.74) is 5.13. The molecule has 0 unspecified atom stereocenters. The van der Waals surface area contributed by atoms with Crippen LogP contribution in [0.3, 0.4) is 0 Å². The standard InChI is InChI=1S/C18H20.C7H14/c1-15(13-14-17-9-5-3-6-10-17)16(2)18-11-7-4-8-12-18;1-4-5-6-7(2)3/h3-5,7-9,11-13H,2,6,10,14H2,1H3;5-7H,4H2,1-3H3/b15-13-;. The molecule has 0 radical (unpaired) electrons. The van der Waals surface area contributed by atoms with E-state index in [1.807, 2.05) is 6.07 Å². The van der Waals surface area contributed by atoms with Crippen LogP contribution >= 0.6 is 0 Å².